The lowest BCUT2D eigenvalue weighted by Gasteiger charge is -1.95. The molecular formula is C8H10N4. The summed E-state index contributed by atoms with van der Waals surface area (Å²) >= 11 is 0. The summed E-state index contributed by atoms with van der Waals surface area (Å²) in [5, 5.41) is 12.2. The molecule has 0 saturated carbocycles. The summed E-state index contributed by atoms with van der Waals surface area (Å²) in [6, 6.07) is 0. The van der Waals surface area contributed by atoms with E-state index in [-0.39, 0.29) is 0 Å². The van der Waals surface area contributed by atoms with Gasteiger partial charge in [-0.3, -0.25) is 4.68 Å². The molecule has 0 aromatic carbocycles. The predicted molar refractivity (Wildman–Crippen MR) is 45.8 cm³/mol. The first kappa shape index (κ1) is 7.21. The SMILES string of the molecule is Cc1nn(C)c2c(C)cnnc12. The highest BCUT2D eigenvalue weighted by Crippen LogP contribution is 2.16. The van der Waals surface area contributed by atoms with Crippen LogP contribution in [0.3, 0.4) is 0 Å². The van der Waals surface area contributed by atoms with Crippen molar-refractivity contribution < 1.29 is 0 Å². The third kappa shape index (κ3) is 0.809. The van der Waals surface area contributed by atoms with Crippen LogP contribution in [0, 0.1) is 13.8 Å². The maximum absolute atomic E-state index is 4.27. The monoisotopic (exact) mass is 162 g/mol. The second-order valence-corrected chi connectivity index (χ2v) is 2.93. The molecule has 2 aromatic heterocycles. The van der Waals surface area contributed by atoms with E-state index < -0.39 is 0 Å². The Balaban J connectivity index is 2.99. The van der Waals surface area contributed by atoms with Crippen LogP contribution < -0.4 is 0 Å². The third-order valence-electron chi connectivity index (χ3n) is 1.97. The molecule has 0 amide bonds. The molecule has 0 fully saturated rings. The average Bonchev–Trinajstić information content (AvgIpc) is 2.29. The summed E-state index contributed by atoms with van der Waals surface area (Å²) in [7, 11) is 1.92. The van der Waals surface area contributed by atoms with Crippen molar-refractivity contribution in [3.63, 3.8) is 0 Å². The number of hydrogen-bond acceptors (Lipinski definition) is 3. The fraction of sp³-hybridized carbons (Fsp3) is 0.375. The lowest BCUT2D eigenvalue weighted by molar-refractivity contribution is 0.781. The molecule has 4 heteroatoms. The summed E-state index contributed by atoms with van der Waals surface area (Å²) < 4.78 is 1.84. The smallest absolute Gasteiger partial charge is 0.134 e. The van der Waals surface area contributed by atoms with Crippen molar-refractivity contribution in [2.75, 3.05) is 0 Å². The molecule has 62 valence electrons. The summed E-state index contributed by atoms with van der Waals surface area (Å²) in [6.07, 6.45) is 1.75. The first-order chi connectivity index (χ1) is 5.70. The Morgan fingerprint density at radius 1 is 1.33 bits per heavy atom. The van der Waals surface area contributed by atoms with Gasteiger partial charge >= 0.3 is 0 Å². The molecule has 12 heavy (non-hydrogen) atoms. The standard InChI is InChI=1S/C8H10N4/c1-5-4-9-10-7-6(2)11-12(3)8(5)7/h4H,1-3H3. The fourth-order valence-electron chi connectivity index (χ4n) is 1.44. The second-order valence-electron chi connectivity index (χ2n) is 2.93. The van der Waals surface area contributed by atoms with Gasteiger partial charge in [0.1, 0.15) is 5.52 Å². The third-order valence-corrected chi connectivity index (χ3v) is 1.97. The van der Waals surface area contributed by atoms with Crippen molar-refractivity contribution in [1.29, 1.82) is 0 Å². The van der Waals surface area contributed by atoms with Crippen molar-refractivity contribution >= 4 is 11.0 Å². The summed E-state index contributed by atoms with van der Waals surface area (Å²) in [5.74, 6) is 0. The Hall–Kier alpha value is -1.45. The Kier molecular flexibility index (Phi) is 1.36. The Morgan fingerprint density at radius 3 is 2.75 bits per heavy atom. The molecule has 0 unspecified atom stereocenters. The molecule has 4 nitrogen and oxygen atoms in total. The fourth-order valence-corrected chi connectivity index (χ4v) is 1.44. The van der Waals surface area contributed by atoms with Crippen LogP contribution in [0.5, 0.6) is 0 Å². The first-order valence-corrected chi connectivity index (χ1v) is 3.81. The van der Waals surface area contributed by atoms with Crippen LogP contribution in [-0.4, -0.2) is 20.0 Å². The van der Waals surface area contributed by atoms with E-state index >= 15 is 0 Å². The van der Waals surface area contributed by atoms with Crippen LogP contribution in [0.15, 0.2) is 6.20 Å². The largest absolute Gasteiger partial charge is 0.266 e. The highest BCUT2D eigenvalue weighted by atomic mass is 15.3. The Bertz CT molecular complexity index is 430. The van der Waals surface area contributed by atoms with Gasteiger partial charge in [-0.1, -0.05) is 0 Å². The van der Waals surface area contributed by atoms with Gasteiger partial charge in [-0.15, -0.1) is 5.10 Å². The van der Waals surface area contributed by atoms with Gasteiger partial charge in [-0.2, -0.15) is 10.2 Å². The van der Waals surface area contributed by atoms with Gasteiger partial charge in [0.15, 0.2) is 0 Å². The summed E-state index contributed by atoms with van der Waals surface area (Å²) in [4.78, 5) is 0. The van der Waals surface area contributed by atoms with Gasteiger partial charge in [0.25, 0.3) is 0 Å². The average molecular weight is 162 g/mol. The van der Waals surface area contributed by atoms with Crippen LogP contribution in [-0.2, 0) is 7.05 Å². The van der Waals surface area contributed by atoms with Gasteiger partial charge in [-0.05, 0) is 19.4 Å². The molecule has 2 rings (SSSR count). The van der Waals surface area contributed by atoms with E-state index in [0.29, 0.717) is 0 Å². The number of nitrogens with zero attached hydrogens (tertiary/aromatic N) is 4. The maximum atomic E-state index is 4.27. The minimum atomic E-state index is 0.900. The Morgan fingerprint density at radius 2 is 2.08 bits per heavy atom. The van der Waals surface area contributed by atoms with Crippen LogP contribution in [0.25, 0.3) is 11.0 Å². The second kappa shape index (κ2) is 2.27. The van der Waals surface area contributed by atoms with E-state index in [9.17, 15) is 0 Å². The van der Waals surface area contributed by atoms with Gasteiger partial charge in [0, 0.05) is 7.05 Å². The highest BCUT2D eigenvalue weighted by molar-refractivity contribution is 5.79. The number of rotatable bonds is 0. The van der Waals surface area contributed by atoms with E-state index in [4.69, 9.17) is 0 Å². The van der Waals surface area contributed by atoms with E-state index in [0.717, 1.165) is 22.3 Å². The van der Waals surface area contributed by atoms with Crippen LogP contribution in [0.1, 0.15) is 11.3 Å². The first-order valence-electron chi connectivity index (χ1n) is 3.81. The zero-order valence-electron chi connectivity index (χ0n) is 7.37. The van der Waals surface area contributed by atoms with Crippen molar-refractivity contribution in [1.82, 2.24) is 20.0 Å². The molecule has 0 aliphatic rings. The van der Waals surface area contributed by atoms with E-state index in [1.807, 2.05) is 25.6 Å². The van der Waals surface area contributed by atoms with E-state index in [1.54, 1.807) is 6.20 Å². The lowest BCUT2D eigenvalue weighted by Crippen LogP contribution is -1.92. The lowest BCUT2D eigenvalue weighted by atomic mass is 10.2. The summed E-state index contributed by atoms with van der Waals surface area (Å²) in [6.45, 7) is 3.95. The molecule has 0 N–H and O–H groups in total. The maximum Gasteiger partial charge on any atom is 0.134 e. The van der Waals surface area contributed by atoms with Crippen molar-refractivity contribution in [3.8, 4) is 0 Å². The molecule has 0 spiro atoms. The van der Waals surface area contributed by atoms with E-state index in [1.165, 1.54) is 0 Å². The van der Waals surface area contributed by atoms with Gasteiger partial charge in [0.2, 0.25) is 0 Å². The quantitative estimate of drug-likeness (QED) is 0.580. The van der Waals surface area contributed by atoms with Crippen molar-refractivity contribution in [2.24, 2.45) is 7.05 Å². The molecule has 0 atom stereocenters. The van der Waals surface area contributed by atoms with Crippen LogP contribution >= 0.6 is 0 Å². The van der Waals surface area contributed by atoms with Crippen LogP contribution in [0.4, 0.5) is 0 Å². The van der Waals surface area contributed by atoms with Gasteiger partial charge in [0.05, 0.1) is 17.4 Å². The molecule has 0 aliphatic heterocycles. The van der Waals surface area contributed by atoms with Gasteiger partial charge in [-0.25, -0.2) is 0 Å². The van der Waals surface area contributed by atoms with Gasteiger partial charge < -0.3 is 0 Å². The zero-order chi connectivity index (χ0) is 8.72. The van der Waals surface area contributed by atoms with Crippen molar-refractivity contribution in [3.05, 3.63) is 17.5 Å². The normalized spacial score (nSPS) is 10.9. The molecule has 0 saturated heterocycles. The minimum Gasteiger partial charge on any atom is -0.266 e. The number of aryl methyl sites for hydroxylation is 3. The molecule has 0 radical (unpaired) electrons. The number of aromatic nitrogens is 4. The minimum absolute atomic E-state index is 0.900. The zero-order valence-corrected chi connectivity index (χ0v) is 7.37. The van der Waals surface area contributed by atoms with Crippen molar-refractivity contribution in [2.45, 2.75) is 13.8 Å². The Labute approximate surface area is 70.2 Å². The number of hydrogen-bond donors (Lipinski definition) is 0. The molecule has 0 bridgehead atoms. The topological polar surface area (TPSA) is 43.6 Å². The predicted octanol–water partition coefficient (Wildman–Crippen LogP) is 0.980. The molecule has 2 aromatic rings. The van der Waals surface area contributed by atoms with Crippen LogP contribution in [0.2, 0.25) is 0 Å². The summed E-state index contributed by atoms with van der Waals surface area (Å²) in [5.41, 5.74) is 4.02. The molecule has 0 aliphatic carbocycles. The molecular weight excluding hydrogens is 152 g/mol. The molecule has 2 heterocycles. The van der Waals surface area contributed by atoms with E-state index in [2.05, 4.69) is 15.3 Å². The highest BCUT2D eigenvalue weighted by Gasteiger charge is 2.07. The number of fused-ring (bicyclic) bond motifs is 1.